The highest BCUT2D eigenvalue weighted by molar-refractivity contribution is 9.10. The zero-order chi connectivity index (χ0) is 13.8. The van der Waals surface area contributed by atoms with Crippen LogP contribution in [0.3, 0.4) is 0 Å². The standard InChI is InChI=1S/C14H16BrNO2S/c1-16(9-14-11(15)6-7-19-14)10-4-5-12(17-2)13(8-10)18-3/h4-8H,9H2,1-3H3. The molecule has 0 unspecified atom stereocenters. The van der Waals surface area contributed by atoms with E-state index in [0.29, 0.717) is 0 Å². The zero-order valence-electron chi connectivity index (χ0n) is 11.1. The molecule has 0 atom stereocenters. The highest BCUT2D eigenvalue weighted by Gasteiger charge is 2.10. The summed E-state index contributed by atoms with van der Waals surface area (Å²) in [5, 5.41) is 2.09. The summed E-state index contributed by atoms with van der Waals surface area (Å²) in [4.78, 5) is 3.48. The second kappa shape index (κ2) is 6.30. The van der Waals surface area contributed by atoms with Crippen molar-refractivity contribution in [3.8, 4) is 11.5 Å². The Morgan fingerprint density at radius 1 is 1.16 bits per heavy atom. The minimum atomic E-state index is 0.747. The van der Waals surface area contributed by atoms with Gasteiger partial charge >= 0.3 is 0 Å². The number of ether oxygens (including phenoxy) is 2. The van der Waals surface area contributed by atoms with E-state index in [1.807, 2.05) is 18.2 Å². The van der Waals surface area contributed by atoms with Crippen molar-refractivity contribution in [3.63, 3.8) is 0 Å². The molecule has 0 spiro atoms. The molecule has 3 nitrogen and oxygen atoms in total. The molecular weight excluding hydrogens is 326 g/mol. The lowest BCUT2D eigenvalue weighted by molar-refractivity contribution is 0.355. The average molecular weight is 342 g/mol. The van der Waals surface area contributed by atoms with Gasteiger partial charge in [-0.1, -0.05) is 0 Å². The van der Waals surface area contributed by atoms with Gasteiger partial charge in [0.1, 0.15) is 0 Å². The lowest BCUT2D eigenvalue weighted by Gasteiger charge is -2.20. The monoisotopic (exact) mass is 341 g/mol. The summed E-state index contributed by atoms with van der Waals surface area (Å²) in [6, 6.07) is 8.01. The predicted molar refractivity (Wildman–Crippen MR) is 83.7 cm³/mol. The molecule has 0 aliphatic carbocycles. The highest BCUT2D eigenvalue weighted by atomic mass is 79.9. The smallest absolute Gasteiger partial charge is 0.162 e. The Bertz CT molecular complexity index is 556. The maximum absolute atomic E-state index is 5.33. The Hall–Kier alpha value is -1.20. The van der Waals surface area contributed by atoms with Crippen molar-refractivity contribution in [1.29, 1.82) is 0 Å². The van der Waals surface area contributed by atoms with Crippen LogP contribution in [0.2, 0.25) is 0 Å². The number of nitrogens with zero attached hydrogens (tertiary/aromatic N) is 1. The van der Waals surface area contributed by atoms with Gasteiger partial charge in [0, 0.05) is 28.2 Å². The molecule has 5 heteroatoms. The first kappa shape index (κ1) is 14.2. The van der Waals surface area contributed by atoms with Crippen molar-refractivity contribution in [2.75, 3.05) is 26.2 Å². The zero-order valence-corrected chi connectivity index (χ0v) is 13.5. The SMILES string of the molecule is COc1ccc(N(C)Cc2sccc2Br)cc1OC. The average Bonchev–Trinajstić information content (AvgIpc) is 2.83. The summed E-state index contributed by atoms with van der Waals surface area (Å²) in [6.45, 7) is 0.855. The second-order valence-corrected chi connectivity index (χ2v) is 5.94. The topological polar surface area (TPSA) is 21.7 Å². The summed E-state index contributed by atoms with van der Waals surface area (Å²) in [5.74, 6) is 1.49. The fraction of sp³-hybridized carbons (Fsp3) is 0.286. The normalized spacial score (nSPS) is 10.3. The van der Waals surface area contributed by atoms with Crippen LogP contribution in [0.4, 0.5) is 5.69 Å². The van der Waals surface area contributed by atoms with Crippen LogP contribution in [-0.4, -0.2) is 21.3 Å². The number of anilines is 1. The van der Waals surface area contributed by atoms with Gasteiger partial charge in [-0.3, -0.25) is 0 Å². The van der Waals surface area contributed by atoms with Crippen molar-refractivity contribution in [2.24, 2.45) is 0 Å². The van der Waals surface area contributed by atoms with Gasteiger partial charge < -0.3 is 14.4 Å². The molecule has 1 aromatic carbocycles. The van der Waals surface area contributed by atoms with Crippen LogP contribution >= 0.6 is 27.3 Å². The van der Waals surface area contributed by atoms with E-state index in [1.54, 1.807) is 25.6 Å². The first-order valence-corrected chi connectivity index (χ1v) is 7.48. The summed E-state index contributed by atoms with van der Waals surface area (Å²) in [6.07, 6.45) is 0. The van der Waals surface area contributed by atoms with Crippen LogP contribution in [0.15, 0.2) is 34.1 Å². The Morgan fingerprint density at radius 2 is 1.89 bits per heavy atom. The van der Waals surface area contributed by atoms with E-state index >= 15 is 0 Å². The van der Waals surface area contributed by atoms with Gasteiger partial charge in [-0.15, -0.1) is 11.3 Å². The molecule has 19 heavy (non-hydrogen) atoms. The third-order valence-corrected chi connectivity index (χ3v) is 4.79. The molecule has 0 bridgehead atoms. The minimum Gasteiger partial charge on any atom is -0.493 e. The highest BCUT2D eigenvalue weighted by Crippen LogP contribution is 2.32. The number of rotatable bonds is 5. The van der Waals surface area contributed by atoms with E-state index in [-0.39, 0.29) is 0 Å². The van der Waals surface area contributed by atoms with Crippen LogP contribution in [0.5, 0.6) is 11.5 Å². The molecule has 2 rings (SSSR count). The Kier molecular flexibility index (Phi) is 4.71. The summed E-state index contributed by atoms with van der Waals surface area (Å²) in [5.41, 5.74) is 1.10. The first-order valence-electron chi connectivity index (χ1n) is 5.80. The number of methoxy groups -OCH3 is 2. The van der Waals surface area contributed by atoms with Gasteiger partial charge in [0.2, 0.25) is 0 Å². The lowest BCUT2D eigenvalue weighted by atomic mass is 10.2. The largest absolute Gasteiger partial charge is 0.493 e. The van der Waals surface area contributed by atoms with Crippen LogP contribution < -0.4 is 14.4 Å². The predicted octanol–water partition coefficient (Wildman–Crippen LogP) is 4.16. The molecule has 0 saturated carbocycles. The van der Waals surface area contributed by atoms with Gasteiger partial charge in [0.05, 0.1) is 20.8 Å². The fourth-order valence-corrected chi connectivity index (χ4v) is 3.34. The number of halogens is 1. The quantitative estimate of drug-likeness (QED) is 0.814. The van der Waals surface area contributed by atoms with E-state index < -0.39 is 0 Å². The molecule has 0 aliphatic rings. The van der Waals surface area contributed by atoms with E-state index in [4.69, 9.17) is 9.47 Å². The van der Waals surface area contributed by atoms with Crippen LogP contribution in [0, 0.1) is 0 Å². The van der Waals surface area contributed by atoms with Crippen LogP contribution in [0.1, 0.15) is 4.88 Å². The van der Waals surface area contributed by atoms with Crippen molar-refractivity contribution >= 4 is 33.0 Å². The van der Waals surface area contributed by atoms with E-state index in [1.165, 1.54) is 4.88 Å². The summed E-state index contributed by atoms with van der Waals surface area (Å²) < 4.78 is 11.7. The number of hydrogen-bond donors (Lipinski definition) is 0. The van der Waals surface area contributed by atoms with Crippen LogP contribution in [-0.2, 0) is 6.54 Å². The van der Waals surface area contributed by atoms with Gasteiger partial charge in [0.25, 0.3) is 0 Å². The number of thiophene rings is 1. The molecule has 0 amide bonds. The first-order chi connectivity index (χ1) is 9.15. The third-order valence-electron chi connectivity index (χ3n) is 2.88. The Balaban J connectivity index is 2.19. The maximum atomic E-state index is 5.33. The number of hydrogen-bond acceptors (Lipinski definition) is 4. The molecule has 102 valence electrons. The summed E-state index contributed by atoms with van der Waals surface area (Å²) in [7, 11) is 5.36. The van der Waals surface area contributed by atoms with Crippen molar-refractivity contribution in [2.45, 2.75) is 6.54 Å². The summed E-state index contributed by atoms with van der Waals surface area (Å²) >= 11 is 5.30. The molecule has 0 radical (unpaired) electrons. The van der Waals surface area contributed by atoms with Crippen molar-refractivity contribution in [3.05, 3.63) is 39.0 Å². The van der Waals surface area contributed by atoms with Crippen LogP contribution in [0.25, 0.3) is 0 Å². The fourth-order valence-electron chi connectivity index (χ4n) is 1.81. The number of benzene rings is 1. The van der Waals surface area contributed by atoms with Crippen molar-refractivity contribution < 1.29 is 9.47 Å². The lowest BCUT2D eigenvalue weighted by Crippen LogP contribution is -2.15. The molecule has 1 aromatic heterocycles. The van der Waals surface area contributed by atoms with Gasteiger partial charge in [-0.2, -0.15) is 0 Å². The molecule has 0 fully saturated rings. The van der Waals surface area contributed by atoms with Gasteiger partial charge in [-0.05, 0) is 39.5 Å². The Morgan fingerprint density at radius 3 is 2.47 bits per heavy atom. The van der Waals surface area contributed by atoms with Crippen molar-refractivity contribution in [1.82, 2.24) is 0 Å². The molecule has 0 aliphatic heterocycles. The van der Waals surface area contributed by atoms with E-state index in [0.717, 1.165) is 28.2 Å². The van der Waals surface area contributed by atoms with E-state index in [2.05, 4.69) is 39.3 Å². The minimum absolute atomic E-state index is 0.747. The molecular formula is C14H16BrNO2S. The molecule has 2 aromatic rings. The maximum Gasteiger partial charge on any atom is 0.162 e. The Labute approximate surface area is 125 Å². The van der Waals surface area contributed by atoms with Gasteiger partial charge in [-0.25, -0.2) is 0 Å². The van der Waals surface area contributed by atoms with E-state index in [9.17, 15) is 0 Å². The molecule has 1 heterocycles. The molecule has 0 N–H and O–H groups in total. The second-order valence-electron chi connectivity index (χ2n) is 4.09. The third kappa shape index (κ3) is 3.22. The molecule has 0 saturated heterocycles. The van der Waals surface area contributed by atoms with Gasteiger partial charge in [0.15, 0.2) is 11.5 Å².